The highest BCUT2D eigenvalue weighted by atomic mass is 35.5. The number of carbonyl (C=O) groups is 3. The summed E-state index contributed by atoms with van der Waals surface area (Å²) in [6.45, 7) is 5.98. The molecule has 2 heterocycles. The van der Waals surface area contributed by atoms with Crippen LogP contribution in [0.1, 0.15) is 56.6 Å². The fourth-order valence-corrected chi connectivity index (χ4v) is 4.35. The third-order valence-corrected chi connectivity index (χ3v) is 6.15. The number of halogens is 1. The van der Waals surface area contributed by atoms with Crippen molar-refractivity contribution in [2.24, 2.45) is 0 Å². The van der Waals surface area contributed by atoms with Crippen LogP contribution in [0.15, 0.2) is 18.2 Å². The van der Waals surface area contributed by atoms with Crippen molar-refractivity contribution in [3.05, 3.63) is 44.9 Å². The summed E-state index contributed by atoms with van der Waals surface area (Å²) in [7, 11) is 1.28. The Kier molecular flexibility index (Phi) is 8.55. The summed E-state index contributed by atoms with van der Waals surface area (Å²) in [5.41, 5.74) is 2.25. The van der Waals surface area contributed by atoms with Gasteiger partial charge in [-0.3, -0.25) is 14.5 Å². The predicted molar refractivity (Wildman–Crippen MR) is 120 cm³/mol. The van der Waals surface area contributed by atoms with Crippen LogP contribution in [-0.2, 0) is 28.9 Å². The Balaban J connectivity index is 0.00000341. The van der Waals surface area contributed by atoms with Gasteiger partial charge in [-0.15, -0.1) is 23.7 Å². The van der Waals surface area contributed by atoms with Crippen LogP contribution in [-0.4, -0.2) is 52.5 Å². The molecule has 0 radical (unpaired) electrons. The van der Waals surface area contributed by atoms with E-state index in [9.17, 15) is 14.4 Å². The number of nitrogens with one attached hydrogen (secondary N) is 1. The molecule has 2 aromatic rings. The number of aromatic nitrogens is 1. The molecule has 168 valence electrons. The van der Waals surface area contributed by atoms with Crippen LogP contribution in [0.25, 0.3) is 0 Å². The lowest BCUT2D eigenvalue weighted by molar-refractivity contribution is -0.136. The SMILES string of the molecule is COC(=O)c1ccc(CCC(=O)O)c(NC(=O)c2nc3c(s2)CN(C(C)C)CC3)c1.Cl. The van der Waals surface area contributed by atoms with Crippen molar-refractivity contribution in [1.82, 2.24) is 9.88 Å². The number of carbonyl (C=O) groups excluding carboxylic acids is 2. The summed E-state index contributed by atoms with van der Waals surface area (Å²) in [6.07, 6.45) is 0.945. The first-order valence-electron chi connectivity index (χ1n) is 9.75. The van der Waals surface area contributed by atoms with E-state index in [2.05, 4.69) is 29.0 Å². The molecule has 31 heavy (non-hydrogen) atoms. The van der Waals surface area contributed by atoms with Gasteiger partial charge in [-0.2, -0.15) is 0 Å². The monoisotopic (exact) mass is 467 g/mol. The summed E-state index contributed by atoms with van der Waals surface area (Å²) < 4.78 is 4.74. The van der Waals surface area contributed by atoms with Crippen molar-refractivity contribution in [3.8, 4) is 0 Å². The second kappa shape index (κ2) is 10.7. The Labute approximate surface area is 191 Å². The van der Waals surface area contributed by atoms with Gasteiger partial charge in [0.2, 0.25) is 0 Å². The number of methoxy groups -OCH3 is 1. The van der Waals surface area contributed by atoms with Crippen molar-refractivity contribution >= 4 is 47.3 Å². The number of ether oxygens (including phenoxy) is 1. The second-order valence-electron chi connectivity index (χ2n) is 7.41. The van der Waals surface area contributed by atoms with Gasteiger partial charge in [-0.25, -0.2) is 9.78 Å². The molecule has 1 aliphatic rings. The number of fused-ring (bicyclic) bond motifs is 1. The van der Waals surface area contributed by atoms with Crippen molar-refractivity contribution in [1.29, 1.82) is 0 Å². The molecule has 2 N–H and O–H groups in total. The van der Waals surface area contributed by atoms with Gasteiger partial charge in [0, 0.05) is 42.5 Å². The minimum absolute atomic E-state index is 0. The van der Waals surface area contributed by atoms with E-state index < -0.39 is 11.9 Å². The summed E-state index contributed by atoms with van der Waals surface area (Å²) in [4.78, 5) is 43.7. The molecular formula is C21H26ClN3O5S. The molecule has 0 bridgehead atoms. The lowest BCUT2D eigenvalue weighted by atomic mass is 10.0. The quantitative estimate of drug-likeness (QED) is 0.600. The van der Waals surface area contributed by atoms with Crippen LogP contribution in [0.3, 0.4) is 0 Å². The summed E-state index contributed by atoms with van der Waals surface area (Å²) >= 11 is 1.37. The highest BCUT2D eigenvalue weighted by Gasteiger charge is 2.25. The number of nitrogens with zero attached hydrogens (tertiary/aromatic N) is 2. The average Bonchev–Trinajstić information content (AvgIpc) is 3.15. The third kappa shape index (κ3) is 6.03. The van der Waals surface area contributed by atoms with Crippen LogP contribution in [0.4, 0.5) is 5.69 Å². The first-order valence-corrected chi connectivity index (χ1v) is 10.6. The molecule has 0 aliphatic carbocycles. The van der Waals surface area contributed by atoms with Crippen molar-refractivity contribution < 1.29 is 24.2 Å². The summed E-state index contributed by atoms with van der Waals surface area (Å²) in [5.74, 6) is -1.84. The van der Waals surface area contributed by atoms with Gasteiger partial charge in [-0.1, -0.05) is 6.07 Å². The van der Waals surface area contributed by atoms with Crippen LogP contribution in [0.2, 0.25) is 0 Å². The zero-order chi connectivity index (χ0) is 21.8. The van der Waals surface area contributed by atoms with E-state index in [1.807, 2.05) is 0 Å². The predicted octanol–water partition coefficient (Wildman–Crippen LogP) is 3.39. The van der Waals surface area contributed by atoms with Gasteiger partial charge in [0.15, 0.2) is 5.01 Å². The number of thiazole rings is 1. The molecule has 10 heteroatoms. The molecule has 0 saturated carbocycles. The maximum atomic E-state index is 12.9. The van der Waals surface area contributed by atoms with Crippen molar-refractivity contribution in [3.63, 3.8) is 0 Å². The van der Waals surface area contributed by atoms with Gasteiger partial charge in [0.25, 0.3) is 5.91 Å². The fourth-order valence-electron chi connectivity index (χ4n) is 3.33. The highest BCUT2D eigenvalue weighted by Crippen LogP contribution is 2.28. The van der Waals surface area contributed by atoms with E-state index >= 15 is 0 Å². The van der Waals surface area contributed by atoms with Crippen molar-refractivity contribution in [2.45, 2.75) is 45.7 Å². The first-order chi connectivity index (χ1) is 14.3. The molecular weight excluding hydrogens is 442 g/mol. The van der Waals surface area contributed by atoms with Gasteiger partial charge in [-0.05, 0) is 38.0 Å². The minimum atomic E-state index is -0.938. The van der Waals surface area contributed by atoms with Crippen LogP contribution in [0, 0.1) is 0 Å². The number of aliphatic carboxylic acids is 1. The fraction of sp³-hybridized carbons (Fsp3) is 0.429. The van der Waals surface area contributed by atoms with E-state index in [4.69, 9.17) is 9.84 Å². The Bertz CT molecular complexity index is 976. The van der Waals surface area contributed by atoms with E-state index in [0.717, 1.165) is 30.1 Å². The molecule has 0 saturated heterocycles. The molecule has 0 spiro atoms. The molecule has 1 amide bonds. The Morgan fingerprint density at radius 2 is 2.06 bits per heavy atom. The average molecular weight is 468 g/mol. The van der Waals surface area contributed by atoms with E-state index in [0.29, 0.717) is 22.3 Å². The maximum Gasteiger partial charge on any atom is 0.337 e. The second-order valence-corrected chi connectivity index (χ2v) is 8.50. The molecule has 0 unspecified atom stereocenters. The molecule has 3 rings (SSSR count). The lowest BCUT2D eigenvalue weighted by Crippen LogP contribution is -2.35. The number of amides is 1. The largest absolute Gasteiger partial charge is 0.481 e. The summed E-state index contributed by atoms with van der Waals surface area (Å²) in [6, 6.07) is 5.13. The number of carboxylic acid groups (broad SMARTS) is 1. The molecule has 1 aromatic carbocycles. The summed E-state index contributed by atoms with van der Waals surface area (Å²) in [5, 5.41) is 12.2. The van der Waals surface area contributed by atoms with Crippen LogP contribution >= 0.6 is 23.7 Å². The third-order valence-electron chi connectivity index (χ3n) is 5.07. The number of esters is 1. The topological polar surface area (TPSA) is 109 Å². The van der Waals surface area contributed by atoms with Gasteiger partial charge < -0.3 is 15.2 Å². The van der Waals surface area contributed by atoms with Gasteiger partial charge in [0.05, 0.1) is 18.4 Å². The van der Waals surface area contributed by atoms with Gasteiger partial charge in [0.1, 0.15) is 0 Å². The minimum Gasteiger partial charge on any atom is -0.481 e. The number of aryl methyl sites for hydroxylation is 1. The zero-order valence-electron chi connectivity index (χ0n) is 17.6. The van der Waals surface area contributed by atoms with Crippen LogP contribution < -0.4 is 5.32 Å². The van der Waals surface area contributed by atoms with E-state index in [-0.39, 0.29) is 36.7 Å². The highest BCUT2D eigenvalue weighted by molar-refractivity contribution is 7.13. The molecule has 0 atom stereocenters. The number of rotatable bonds is 7. The first kappa shape index (κ1) is 24.8. The standard InChI is InChI=1S/C21H25N3O5S.ClH/c1-12(2)24-9-8-15-17(11-24)30-20(23-15)19(27)22-16-10-14(21(28)29-3)5-4-13(16)6-7-18(25)26;/h4-5,10,12H,6-9,11H2,1-3H3,(H,22,27)(H,25,26);1H. The van der Waals surface area contributed by atoms with Crippen LogP contribution in [0.5, 0.6) is 0 Å². The number of benzene rings is 1. The Hall–Kier alpha value is -2.49. The van der Waals surface area contributed by atoms with Gasteiger partial charge >= 0.3 is 11.9 Å². The number of hydrogen-bond donors (Lipinski definition) is 2. The maximum absolute atomic E-state index is 12.9. The number of carboxylic acids is 1. The molecule has 8 nitrogen and oxygen atoms in total. The van der Waals surface area contributed by atoms with E-state index in [1.54, 1.807) is 12.1 Å². The number of hydrogen-bond acceptors (Lipinski definition) is 7. The molecule has 0 fully saturated rings. The smallest absolute Gasteiger partial charge is 0.337 e. The molecule has 1 aliphatic heterocycles. The Morgan fingerprint density at radius 1 is 1.32 bits per heavy atom. The molecule has 1 aromatic heterocycles. The number of anilines is 1. The van der Waals surface area contributed by atoms with Crippen molar-refractivity contribution in [2.75, 3.05) is 19.0 Å². The van der Waals surface area contributed by atoms with E-state index in [1.165, 1.54) is 24.5 Å². The lowest BCUT2D eigenvalue weighted by Gasteiger charge is -2.29. The Morgan fingerprint density at radius 3 is 2.71 bits per heavy atom. The zero-order valence-corrected chi connectivity index (χ0v) is 19.3. The normalized spacial score (nSPS) is 13.3.